The molecular formula is C23H26N2O3. The second-order valence-electron chi connectivity index (χ2n) is 8.06. The normalized spacial score (nSPS) is 22.1. The highest BCUT2D eigenvalue weighted by Crippen LogP contribution is 2.36. The summed E-state index contributed by atoms with van der Waals surface area (Å²) in [6, 6.07) is 16.2. The minimum absolute atomic E-state index is 0.0000359. The average Bonchev–Trinajstić information content (AvgIpc) is 2.84. The van der Waals surface area contributed by atoms with Crippen LogP contribution >= 0.6 is 0 Å². The number of piperidine rings is 1. The van der Waals surface area contributed by atoms with Gasteiger partial charge in [0, 0.05) is 13.1 Å². The highest BCUT2D eigenvalue weighted by atomic mass is 16.4. The van der Waals surface area contributed by atoms with E-state index in [2.05, 4.69) is 19.1 Å². The van der Waals surface area contributed by atoms with Gasteiger partial charge in [-0.3, -0.25) is 19.4 Å². The zero-order chi connectivity index (χ0) is 19.7. The summed E-state index contributed by atoms with van der Waals surface area (Å²) in [7, 11) is 0. The number of hydrogen-bond acceptors (Lipinski definition) is 3. The van der Waals surface area contributed by atoms with Crippen LogP contribution < -0.4 is 4.90 Å². The number of hydrogen-bond donors (Lipinski definition) is 1. The molecule has 5 nitrogen and oxygen atoms in total. The van der Waals surface area contributed by atoms with Crippen molar-refractivity contribution in [2.75, 3.05) is 24.5 Å². The molecule has 0 radical (unpaired) electrons. The number of carboxylic acids is 1. The van der Waals surface area contributed by atoms with Crippen LogP contribution in [0.15, 0.2) is 48.5 Å². The van der Waals surface area contributed by atoms with E-state index in [1.54, 1.807) is 0 Å². The lowest BCUT2D eigenvalue weighted by Crippen LogP contribution is -2.47. The molecule has 146 valence electrons. The van der Waals surface area contributed by atoms with Gasteiger partial charge in [-0.2, -0.15) is 0 Å². The minimum atomic E-state index is -0.769. The number of carbonyl (C=O) groups excluding carboxylic acids is 1. The first-order valence-electron chi connectivity index (χ1n) is 9.97. The van der Waals surface area contributed by atoms with Crippen LogP contribution in [0.2, 0.25) is 0 Å². The number of carbonyl (C=O) groups is 2. The number of rotatable bonds is 3. The number of para-hydroxylation sites is 2. The van der Waals surface area contributed by atoms with E-state index in [0.717, 1.165) is 30.8 Å². The number of fused-ring (bicyclic) bond motifs is 2. The van der Waals surface area contributed by atoms with Gasteiger partial charge in [-0.1, -0.05) is 43.3 Å². The molecule has 2 heterocycles. The summed E-state index contributed by atoms with van der Waals surface area (Å²) in [5.41, 5.74) is 4.22. The Hall–Kier alpha value is -2.66. The Labute approximate surface area is 165 Å². The predicted molar refractivity (Wildman–Crippen MR) is 109 cm³/mol. The second-order valence-corrected chi connectivity index (χ2v) is 8.06. The van der Waals surface area contributed by atoms with Gasteiger partial charge in [-0.05, 0) is 48.4 Å². The van der Waals surface area contributed by atoms with Gasteiger partial charge in [0.05, 0.1) is 23.8 Å². The number of carboxylic acid groups (broad SMARTS) is 1. The zero-order valence-electron chi connectivity index (χ0n) is 16.2. The Balaban J connectivity index is 1.64. The molecule has 2 aromatic carbocycles. The lowest BCUT2D eigenvalue weighted by molar-refractivity contribution is -0.144. The van der Waals surface area contributed by atoms with E-state index in [1.165, 1.54) is 11.1 Å². The van der Waals surface area contributed by atoms with Crippen molar-refractivity contribution < 1.29 is 14.7 Å². The molecular weight excluding hydrogens is 352 g/mol. The fraction of sp³-hybridized carbons (Fsp3) is 0.391. The molecule has 2 atom stereocenters. The van der Waals surface area contributed by atoms with Crippen molar-refractivity contribution in [3.63, 3.8) is 0 Å². The summed E-state index contributed by atoms with van der Waals surface area (Å²) in [5.74, 6) is -0.902. The van der Waals surface area contributed by atoms with Crippen LogP contribution in [0.5, 0.6) is 0 Å². The van der Waals surface area contributed by atoms with Crippen LogP contribution in [0.3, 0.4) is 0 Å². The number of anilines is 2. The number of likely N-dealkylation sites (tertiary alicyclic amines) is 1. The van der Waals surface area contributed by atoms with Crippen LogP contribution in [-0.4, -0.2) is 41.5 Å². The summed E-state index contributed by atoms with van der Waals surface area (Å²) in [6.45, 7) is 3.48. The highest BCUT2D eigenvalue weighted by Gasteiger charge is 2.32. The molecule has 2 aromatic rings. The molecule has 0 spiro atoms. The van der Waals surface area contributed by atoms with Crippen molar-refractivity contribution in [3.8, 4) is 0 Å². The van der Waals surface area contributed by atoms with Crippen molar-refractivity contribution in [2.24, 2.45) is 11.8 Å². The van der Waals surface area contributed by atoms with E-state index in [9.17, 15) is 14.7 Å². The molecule has 0 saturated carbocycles. The molecule has 5 heteroatoms. The Morgan fingerprint density at radius 2 is 1.54 bits per heavy atom. The van der Waals surface area contributed by atoms with Gasteiger partial charge in [0.1, 0.15) is 0 Å². The van der Waals surface area contributed by atoms with E-state index < -0.39 is 11.9 Å². The summed E-state index contributed by atoms with van der Waals surface area (Å²) in [4.78, 5) is 28.8. The van der Waals surface area contributed by atoms with Crippen LogP contribution in [0, 0.1) is 11.8 Å². The number of aliphatic carboxylic acids is 1. The average molecular weight is 378 g/mol. The lowest BCUT2D eigenvalue weighted by atomic mass is 9.90. The maximum Gasteiger partial charge on any atom is 0.307 e. The summed E-state index contributed by atoms with van der Waals surface area (Å²) < 4.78 is 0. The van der Waals surface area contributed by atoms with Crippen molar-refractivity contribution >= 4 is 23.3 Å². The van der Waals surface area contributed by atoms with Crippen molar-refractivity contribution in [1.29, 1.82) is 0 Å². The van der Waals surface area contributed by atoms with Crippen LogP contribution in [-0.2, 0) is 22.4 Å². The van der Waals surface area contributed by atoms with Crippen molar-refractivity contribution in [3.05, 3.63) is 59.7 Å². The second kappa shape index (κ2) is 7.76. The zero-order valence-corrected chi connectivity index (χ0v) is 16.2. The standard InChI is InChI=1S/C23H26N2O3/c1-16-12-19(23(27)28)14-24(13-16)15-22(26)25-20-8-4-2-6-17(20)10-11-18-7-3-5-9-21(18)25/h2-9,16,19H,10-15H2,1H3,(H,27,28). The fourth-order valence-corrected chi connectivity index (χ4v) is 4.58. The first kappa shape index (κ1) is 18.7. The molecule has 1 fully saturated rings. The van der Waals surface area contributed by atoms with Gasteiger partial charge in [0.25, 0.3) is 0 Å². The molecule has 1 amide bonds. The Morgan fingerprint density at radius 3 is 2.11 bits per heavy atom. The first-order valence-corrected chi connectivity index (χ1v) is 9.97. The summed E-state index contributed by atoms with van der Waals surface area (Å²) in [5, 5.41) is 9.43. The van der Waals surface area contributed by atoms with Crippen molar-refractivity contribution in [2.45, 2.75) is 26.2 Å². The molecule has 1 saturated heterocycles. The highest BCUT2D eigenvalue weighted by molar-refractivity contribution is 6.03. The van der Waals surface area contributed by atoms with Gasteiger partial charge < -0.3 is 5.11 Å². The third-order valence-corrected chi connectivity index (χ3v) is 5.82. The van der Waals surface area contributed by atoms with Gasteiger partial charge >= 0.3 is 5.97 Å². The molecule has 1 N–H and O–H groups in total. The largest absolute Gasteiger partial charge is 0.481 e. The maximum absolute atomic E-state index is 13.5. The van der Waals surface area contributed by atoms with Gasteiger partial charge in [-0.25, -0.2) is 0 Å². The van der Waals surface area contributed by atoms with E-state index in [0.29, 0.717) is 13.0 Å². The topological polar surface area (TPSA) is 60.9 Å². The van der Waals surface area contributed by atoms with Gasteiger partial charge in [-0.15, -0.1) is 0 Å². The first-order chi connectivity index (χ1) is 13.5. The number of aryl methyl sites for hydroxylation is 2. The van der Waals surface area contributed by atoms with Gasteiger partial charge in [0.2, 0.25) is 5.91 Å². The van der Waals surface area contributed by atoms with Crippen LogP contribution in [0.4, 0.5) is 11.4 Å². The molecule has 4 rings (SSSR count). The van der Waals surface area contributed by atoms with Gasteiger partial charge in [0.15, 0.2) is 0 Å². The number of nitrogens with zero attached hydrogens (tertiary/aromatic N) is 2. The molecule has 0 aliphatic carbocycles. The molecule has 28 heavy (non-hydrogen) atoms. The smallest absolute Gasteiger partial charge is 0.307 e. The molecule has 0 bridgehead atoms. The Morgan fingerprint density at radius 1 is 0.964 bits per heavy atom. The van der Waals surface area contributed by atoms with E-state index in [-0.39, 0.29) is 18.4 Å². The van der Waals surface area contributed by atoms with E-state index in [1.807, 2.05) is 46.2 Å². The fourth-order valence-electron chi connectivity index (χ4n) is 4.58. The quantitative estimate of drug-likeness (QED) is 0.888. The third kappa shape index (κ3) is 3.67. The molecule has 2 aliphatic rings. The van der Waals surface area contributed by atoms with E-state index in [4.69, 9.17) is 0 Å². The monoisotopic (exact) mass is 378 g/mol. The van der Waals surface area contributed by atoms with Crippen molar-refractivity contribution in [1.82, 2.24) is 4.90 Å². The number of benzene rings is 2. The third-order valence-electron chi connectivity index (χ3n) is 5.82. The predicted octanol–water partition coefficient (Wildman–Crippen LogP) is 3.49. The minimum Gasteiger partial charge on any atom is -0.481 e. The molecule has 2 aliphatic heterocycles. The maximum atomic E-state index is 13.5. The molecule has 0 aromatic heterocycles. The summed E-state index contributed by atoms with van der Waals surface area (Å²) in [6.07, 6.45) is 2.48. The van der Waals surface area contributed by atoms with E-state index >= 15 is 0 Å². The van der Waals surface area contributed by atoms with Crippen LogP contribution in [0.1, 0.15) is 24.5 Å². The lowest BCUT2D eigenvalue weighted by Gasteiger charge is -2.35. The molecule has 2 unspecified atom stereocenters. The van der Waals surface area contributed by atoms with Crippen LogP contribution in [0.25, 0.3) is 0 Å². The SMILES string of the molecule is CC1CC(C(=O)O)CN(CC(=O)N2c3ccccc3CCc3ccccc32)C1. The summed E-state index contributed by atoms with van der Waals surface area (Å²) >= 11 is 0. The number of amides is 1. The Bertz CT molecular complexity index is 847. The Kier molecular flexibility index (Phi) is 5.18.